The summed E-state index contributed by atoms with van der Waals surface area (Å²) < 4.78 is 47.1. The Morgan fingerprint density at radius 2 is 1.88 bits per heavy atom. The largest absolute Gasteiger partial charge is 0.412 e. The Balaban J connectivity index is 3.11. The van der Waals surface area contributed by atoms with Gasteiger partial charge in [0.15, 0.2) is 0 Å². The molecule has 0 rings (SSSR count). The van der Waals surface area contributed by atoms with Crippen LogP contribution in [-0.4, -0.2) is 12.8 Å². The molecule has 0 amide bonds. The number of rotatable bonds is 2. The molecule has 8 heavy (non-hydrogen) atoms. The minimum Gasteiger partial charge on any atom is -0.323 e. The van der Waals surface area contributed by atoms with Crippen LogP contribution in [0.15, 0.2) is 0 Å². The monoisotopic (exact) mass is 150 g/mol. The van der Waals surface area contributed by atoms with Crippen molar-refractivity contribution in [1.82, 2.24) is 0 Å². The van der Waals surface area contributed by atoms with Crippen molar-refractivity contribution in [3.63, 3.8) is 0 Å². The molecule has 1 atom stereocenters. The zero-order chi connectivity index (χ0) is 6.62. The molecule has 0 heterocycles. The van der Waals surface area contributed by atoms with E-state index < -0.39 is 21.9 Å². The van der Waals surface area contributed by atoms with Crippen molar-refractivity contribution in [2.75, 3.05) is 6.61 Å². The molecule has 0 spiro atoms. The quantitative estimate of drug-likeness (QED) is 0.432. The van der Waals surface area contributed by atoms with Gasteiger partial charge in [0.2, 0.25) is 9.12 Å². The zero-order valence-electron chi connectivity index (χ0n) is 3.63. The van der Waals surface area contributed by atoms with Crippen molar-refractivity contribution in [3.8, 4) is 0 Å². The van der Waals surface area contributed by atoms with Gasteiger partial charge in [0.05, 0.1) is 0 Å². The summed E-state index contributed by atoms with van der Waals surface area (Å²) in [4.78, 5) is 0. The van der Waals surface area contributed by atoms with E-state index in [1.165, 1.54) is 0 Å². The van der Waals surface area contributed by atoms with Gasteiger partial charge >= 0.3 is 6.18 Å². The molecule has 50 valence electrons. The van der Waals surface area contributed by atoms with Crippen LogP contribution in [0.4, 0.5) is 17.4 Å². The normalized spacial score (nSPS) is 13.5. The molecule has 0 aliphatic rings. The van der Waals surface area contributed by atoms with Crippen molar-refractivity contribution in [1.29, 1.82) is 0 Å². The molecule has 0 aliphatic carbocycles. The molecule has 0 saturated carbocycles. The summed E-state index contributed by atoms with van der Waals surface area (Å²) >= 11 is 0. The van der Waals surface area contributed by atoms with Crippen LogP contribution in [0.25, 0.3) is 0 Å². The first kappa shape index (κ1) is 8.11. The Hall–Kier alpha value is 0.110. The highest BCUT2D eigenvalue weighted by molar-refractivity contribution is 7.25. The van der Waals surface area contributed by atoms with E-state index in [0.717, 1.165) is 0 Å². The first-order chi connectivity index (χ1) is 3.56. The SMILES string of the molecule is FPOCC(F)(F)F. The Labute approximate surface area is 45.0 Å². The van der Waals surface area contributed by atoms with E-state index in [9.17, 15) is 17.4 Å². The number of hydrogen-bond acceptors (Lipinski definition) is 1. The van der Waals surface area contributed by atoms with Crippen LogP contribution >= 0.6 is 9.12 Å². The zero-order valence-corrected chi connectivity index (χ0v) is 4.63. The predicted molar refractivity (Wildman–Crippen MR) is 21.4 cm³/mol. The third kappa shape index (κ3) is 6.11. The predicted octanol–water partition coefficient (Wildman–Crippen LogP) is 2.04. The minimum atomic E-state index is -4.40. The average molecular weight is 150 g/mol. The van der Waals surface area contributed by atoms with Gasteiger partial charge < -0.3 is 4.52 Å². The average Bonchev–Trinajstić information content (AvgIpc) is 1.59. The van der Waals surface area contributed by atoms with Gasteiger partial charge in [0.1, 0.15) is 6.61 Å². The van der Waals surface area contributed by atoms with E-state index in [2.05, 4.69) is 4.52 Å². The third-order valence-corrected chi connectivity index (χ3v) is 0.544. The highest BCUT2D eigenvalue weighted by Crippen LogP contribution is 2.21. The first-order valence-corrected chi connectivity index (χ1v) is 2.39. The molecule has 0 aromatic carbocycles. The summed E-state index contributed by atoms with van der Waals surface area (Å²) in [5.74, 6) is 0. The highest BCUT2D eigenvalue weighted by atomic mass is 31.1. The number of alkyl halides is 3. The summed E-state index contributed by atoms with van der Waals surface area (Å²) in [5, 5.41) is 0. The minimum absolute atomic E-state index is 1.50. The van der Waals surface area contributed by atoms with Crippen molar-refractivity contribution in [2.45, 2.75) is 6.18 Å². The van der Waals surface area contributed by atoms with Crippen molar-refractivity contribution < 1.29 is 21.9 Å². The lowest BCUT2D eigenvalue weighted by molar-refractivity contribution is -0.152. The number of hydrogen-bond donors (Lipinski definition) is 0. The highest BCUT2D eigenvalue weighted by Gasteiger charge is 2.27. The second-order valence-electron chi connectivity index (χ2n) is 0.981. The molecule has 6 heteroatoms. The summed E-state index contributed by atoms with van der Waals surface area (Å²) in [5.41, 5.74) is 0. The van der Waals surface area contributed by atoms with Gasteiger partial charge in [-0.15, -0.1) is 0 Å². The van der Waals surface area contributed by atoms with E-state index in [1.54, 1.807) is 0 Å². The summed E-state index contributed by atoms with van der Waals surface area (Å²) in [6.07, 6.45) is -4.40. The summed E-state index contributed by atoms with van der Waals surface area (Å²) in [6, 6.07) is 0. The lowest BCUT2D eigenvalue weighted by atomic mass is 10.7. The fraction of sp³-hybridized carbons (Fsp3) is 1.00. The Morgan fingerprint density at radius 1 is 1.38 bits per heavy atom. The molecule has 0 aromatic heterocycles. The molecule has 1 unspecified atom stereocenters. The topological polar surface area (TPSA) is 9.23 Å². The molecular formula is C2H3F4OP. The fourth-order valence-corrected chi connectivity index (χ4v) is 0.327. The standard InChI is InChI=1S/C2H3F4OP/c3-2(4,5)1-7-8-6/h8H,1H2. The van der Waals surface area contributed by atoms with Gasteiger partial charge in [-0.2, -0.15) is 17.4 Å². The molecule has 0 aromatic rings. The Morgan fingerprint density at radius 3 is 2.00 bits per heavy atom. The Bertz CT molecular complexity index is 61.5. The van der Waals surface area contributed by atoms with Crippen LogP contribution in [0.3, 0.4) is 0 Å². The van der Waals surface area contributed by atoms with Gasteiger partial charge in [-0.05, 0) is 0 Å². The molecule has 0 radical (unpaired) electrons. The molecule has 1 nitrogen and oxygen atoms in total. The van der Waals surface area contributed by atoms with Crippen LogP contribution in [0, 0.1) is 0 Å². The third-order valence-electron chi connectivity index (χ3n) is 0.290. The maximum Gasteiger partial charge on any atom is 0.412 e. The molecule has 0 saturated heterocycles. The van der Waals surface area contributed by atoms with Crippen LogP contribution in [0.2, 0.25) is 0 Å². The van der Waals surface area contributed by atoms with E-state index in [-0.39, 0.29) is 0 Å². The smallest absolute Gasteiger partial charge is 0.323 e. The molecule has 0 N–H and O–H groups in total. The van der Waals surface area contributed by atoms with Crippen LogP contribution in [-0.2, 0) is 4.52 Å². The van der Waals surface area contributed by atoms with Crippen molar-refractivity contribution in [3.05, 3.63) is 0 Å². The summed E-state index contributed by atoms with van der Waals surface area (Å²) in [6.45, 7) is -1.50. The molecule has 0 aliphatic heterocycles. The molecular weight excluding hydrogens is 147 g/mol. The van der Waals surface area contributed by atoms with Crippen LogP contribution < -0.4 is 0 Å². The lowest BCUT2D eigenvalue weighted by Crippen LogP contribution is -2.13. The van der Waals surface area contributed by atoms with Crippen LogP contribution in [0.1, 0.15) is 0 Å². The van der Waals surface area contributed by atoms with Gasteiger partial charge in [-0.3, -0.25) is 0 Å². The molecule has 0 fully saturated rings. The molecule has 0 bridgehead atoms. The Kier molecular flexibility index (Phi) is 3.24. The fourth-order valence-electron chi connectivity index (χ4n) is 0.109. The van der Waals surface area contributed by atoms with Gasteiger partial charge in [-0.25, -0.2) is 0 Å². The van der Waals surface area contributed by atoms with E-state index >= 15 is 0 Å². The van der Waals surface area contributed by atoms with Crippen molar-refractivity contribution in [2.24, 2.45) is 0 Å². The van der Waals surface area contributed by atoms with Gasteiger partial charge in [0, 0.05) is 0 Å². The van der Waals surface area contributed by atoms with E-state index in [4.69, 9.17) is 0 Å². The van der Waals surface area contributed by atoms with Gasteiger partial charge in [-0.1, -0.05) is 0 Å². The maximum absolute atomic E-state index is 11.0. The second kappa shape index (κ2) is 3.20. The lowest BCUT2D eigenvalue weighted by Gasteiger charge is -2.01. The summed E-state index contributed by atoms with van der Waals surface area (Å²) in [7, 11) is -1.59. The van der Waals surface area contributed by atoms with Gasteiger partial charge in [0.25, 0.3) is 0 Å². The maximum atomic E-state index is 11.0. The van der Waals surface area contributed by atoms with E-state index in [1.807, 2.05) is 0 Å². The van der Waals surface area contributed by atoms with E-state index in [0.29, 0.717) is 0 Å². The second-order valence-corrected chi connectivity index (χ2v) is 1.42. The number of halogens is 4. The van der Waals surface area contributed by atoms with Crippen molar-refractivity contribution >= 4 is 9.12 Å². The van der Waals surface area contributed by atoms with Crippen LogP contribution in [0.5, 0.6) is 0 Å². The first-order valence-electron chi connectivity index (χ1n) is 1.60.